The van der Waals surface area contributed by atoms with Crippen molar-refractivity contribution < 1.29 is 14.3 Å². The second-order valence-electron chi connectivity index (χ2n) is 7.51. The van der Waals surface area contributed by atoms with Crippen LogP contribution in [0.3, 0.4) is 0 Å². The number of piperazine rings is 1. The zero-order valence-electron chi connectivity index (χ0n) is 15.7. The van der Waals surface area contributed by atoms with Crippen molar-refractivity contribution in [2.45, 2.75) is 39.2 Å². The van der Waals surface area contributed by atoms with Crippen LogP contribution in [0.2, 0.25) is 0 Å². The van der Waals surface area contributed by atoms with Gasteiger partial charge in [-0.25, -0.2) is 0 Å². The normalized spacial score (nSPS) is 20.5. The number of ether oxygens (including phenoxy) is 2. The molecule has 1 aliphatic heterocycles. The van der Waals surface area contributed by atoms with Crippen LogP contribution >= 0.6 is 0 Å². The van der Waals surface area contributed by atoms with E-state index in [0.717, 1.165) is 62.6 Å². The second-order valence-corrected chi connectivity index (χ2v) is 7.51. The van der Waals surface area contributed by atoms with Crippen molar-refractivity contribution in [2.75, 3.05) is 40.4 Å². The Balaban J connectivity index is 1.59. The van der Waals surface area contributed by atoms with E-state index in [1.54, 1.807) is 14.2 Å². The first-order valence-corrected chi connectivity index (χ1v) is 9.28. The van der Waals surface area contributed by atoms with Crippen molar-refractivity contribution in [3.8, 4) is 11.5 Å². The van der Waals surface area contributed by atoms with Gasteiger partial charge in [0.1, 0.15) is 11.5 Å². The average molecular weight is 346 g/mol. The minimum Gasteiger partial charge on any atom is -0.497 e. The summed E-state index contributed by atoms with van der Waals surface area (Å²) in [5.41, 5.74) is 1.02. The largest absolute Gasteiger partial charge is 0.497 e. The van der Waals surface area contributed by atoms with E-state index in [-0.39, 0.29) is 5.41 Å². The van der Waals surface area contributed by atoms with E-state index >= 15 is 0 Å². The molecule has 0 radical (unpaired) electrons. The molecular formula is C20H30N2O3. The Morgan fingerprint density at radius 1 is 1.08 bits per heavy atom. The predicted molar refractivity (Wildman–Crippen MR) is 98.0 cm³/mol. The number of carbonyl (C=O) groups is 1. The molecular weight excluding hydrogens is 316 g/mol. The third-order valence-corrected chi connectivity index (χ3v) is 5.76. The van der Waals surface area contributed by atoms with Crippen LogP contribution in [0.1, 0.15) is 38.2 Å². The summed E-state index contributed by atoms with van der Waals surface area (Å²) in [5.74, 6) is 2.10. The van der Waals surface area contributed by atoms with Crippen molar-refractivity contribution in [3.63, 3.8) is 0 Å². The van der Waals surface area contributed by atoms with Crippen LogP contribution in [0.5, 0.6) is 11.5 Å². The maximum absolute atomic E-state index is 12.8. The van der Waals surface area contributed by atoms with Gasteiger partial charge in [-0.2, -0.15) is 0 Å². The van der Waals surface area contributed by atoms with Crippen molar-refractivity contribution in [1.29, 1.82) is 0 Å². The second kappa shape index (κ2) is 7.65. The van der Waals surface area contributed by atoms with Gasteiger partial charge in [0, 0.05) is 43.7 Å². The molecule has 1 aromatic rings. The minimum absolute atomic E-state index is 0.113. The lowest BCUT2D eigenvalue weighted by molar-refractivity contribution is -0.142. The Bertz CT molecular complexity index is 603. The lowest BCUT2D eigenvalue weighted by Crippen LogP contribution is -2.51. The fourth-order valence-electron chi connectivity index (χ4n) is 4.11. The van der Waals surface area contributed by atoms with Gasteiger partial charge in [-0.05, 0) is 31.0 Å². The molecule has 0 N–H and O–H groups in total. The molecule has 0 atom stereocenters. The summed E-state index contributed by atoms with van der Waals surface area (Å²) in [6.45, 7) is 6.42. The van der Waals surface area contributed by atoms with Crippen LogP contribution in [0.25, 0.3) is 0 Å². The Morgan fingerprint density at radius 3 is 2.36 bits per heavy atom. The number of amides is 1. The van der Waals surface area contributed by atoms with E-state index in [9.17, 15) is 4.79 Å². The molecule has 1 saturated heterocycles. The molecule has 1 saturated carbocycles. The highest BCUT2D eigenvalue weighted by Crippen LogP contribution is 2.39. The number of methoxy groups -OCH3 is 2. The van der Waals surface area contributed by atoms with E-state index in [1.807, 2.05) is 18.2 Å². The molecule has 2 fully saturated rings. The third kappa shape index (κ3) is 3.92. The molecule has 25 heavy (non-hydrogen) atoms. The van der Waals surface area contributed by atoms with Crippen molar-refractivity contribution in [3.05, 3.63) is 23.8 Å². The molecule has 0 aromatic heterocycles. The fourth-order valence-corrected chi connectivity index (χ4v) is 4.11. The minimum atomic E-state index is -0.113. The number of hydrogen-bond donors (Lipinski definition) is 0. The first kappa shape index (κ1) is 18.1. The van der Waals surface area contributed by atoms with Crippen LogP contribution in [0.4, 0.5) is 0 Å². The molecule has 1 heterocycles. The van der Waals surface area contributed by atoms with Gasteiger partial charge >= 0.3 is 0 Å². The van der Waals surface area contributed by atoms with Gasteiger partial charge in [0.05, 0.1) is 14.2 Å². The molecule has 0 unspecified atom stereocenters. The van der Waals surface area contributed by atoms with Gasteiger partial charge in [0.2, 0.25) is 5.91 Å². The summed E-state index contributed by atoms with van der Waals surface area (Å²) in [6.07, 6.45) is 4.48. The molecule has 5 nitrogen and oxygen atoms in total. The first-order valence-electron chi connectivity index (χ1n) is 9.28. The predicted octanol–water partition coefficient (Wildman–Crippen LogP) is 2.93. The highest BCUT2D eigenvalue weighted by atomic mass is 16.5. The van der Waals surface area contributed by atoms with Crippen LogP contribution in [-0.2, 0) is 11.3 Å². The highest BCUT2D eigenvalue weighted by Gasteiger charge is 2.39. The van der Waals surface area contributed by atoms with E-state index < -0.39 is 0 Å². The van der Waals surface area contributed by atoms with Gasteiger partial charge in [-0.3, -0.25) is 9.69 Å². The number of rotatable bonds is 5. The molecule has 138 valence electrons. The topological polar surface area (TPSA) is 42.0 Å². The SMILES string of the molecule is COc1ccc(OC)c(CN2CCN(C(=O)C3(C)CCCC3)CC2)c1. The van der Waals surface area contributed by atoms with E-state index in [2.05, 4.69) is 16.7 Å². The zero-order chi connectivity index (χ0) is 17.9. The van der Waals surface area contributed by atoms with Gasteiger partial charge in [0.25, 0.3) is 0 Å². The lowest BCUT2D eigenvalue weighted by atomic mass is 9.87. The highest BCUT2D eigenvalue weighted by molar-refractivity contribution is 5.82. The van der Waals surface area contributed by atoms with Crippen LogP contribution in [-0.4, -0.2) is 56.1 Å². The van der Waals surface area contributed by atoms with Crippen molar-refractivity contribution in [2.24, 2.45) is 5.41 Å². The number of nitrogens with zero attached hydrogens (tertiary/aromatic N) is 2. The fraction of sp³-hybridized carbons (Fsp3) is 0.650. The number of benzene rings is 1. The van der Waals surface area contributed by atoms with E-state index in [0.29, 0.717) is 5.91 Å². The summed E-state index contributed by atoms with van der Waals surface area (Å²) in [7, 11) is 3.38. The average Bonchev–Trinajstić information content (AvgIpc) is 3.09. The van der Waals surface area contributed by atoms with Gasteiger partial charge in [0.15, 0.2) is 0 Å². The zero-order valence-corrected chi connectivity index (χ0v) is 15.7. The summed E-state index contributed by atoms with van der Waals surface area (Å²) in [6, 6.07) is 5.91. The molecule has 1 amide bonds. The molecule has 0 spiro atoms. The lowest BCUT2D eigenvalue weighted by Gasteiger charge is -2.38. The quantitative estimate of drug-likeness (QED) is 0.822. The monoisotopic (exact) mass is 346 g/mol. The van der Waals surface area contributed by atoms with Gasteiger partial charge in [-0.15, -0.1) is 0 Å². The van der Waals surface area contributed by atoms with Gasteiger partial charge < -0.3 is 14.4 Å². The first-order chi connectivity index (χ1) is 12.1. The molecule has 5 heteroatoms. The smallest absolute Gasteiger partial charge is 0.228 e. The number of hydrogen-bond acceptors (Lipinski definition) is 4. The van der Waals surface area contributed by atoms with Crippen molar-refractivity contribution >= 4 is 5.91 Å². The Kier molecular flexibility index (Phi) is 5.52. The van der Waals surface area contributed by atoms with E-state index in [1.165, 1.54) is 12.8 Å². The van der Waals surface area contributed by atoms with Crippen LogP contribution in [0, 0.1) is 5.41 Å². The standard InChI is InChI=1S/C20H30N2O3/c1-20(8-4-5-9-20)19(23)22-12-10-21(11-13-22)15-16-14-17(24-2)6-7-18(16)25-3/h6-7,14H,4-5,8-13,15H2,1-3H3. The third-order valence-electron chi connectivity index (χ3n) is 5.76. The summed E-state index contributed by atoms with van der Waals surface area (Å²) in [4.78, 5) is 17.3. The Hall–Kier alpha value is -1.75. The molecule has 2 aliphatic rings. The molecule has 3 rings (SSSR count). The van der Waals surface area contributed by atoms with Crippen molar-refractivity contribution in [1.82, 2.24) is 9.80 Å². The summed E-state index contributed by atoms with van der Waals surface area (Å²) in [5, 5.41) is 0. The van der Waals surface area contributed by atoms with Gasteiger partial charge in [-0.1, -0.05) is 19.8 Å². The maximum Gasteiger partial charge on any atom is 0.228 e. The summed E-state index contributed by atoms with van der Waals surface area (Å²) >= 11 is 0. The Morgan fingerprint density at radius 2 is 1.76 bits per heavy atom. The molecule has 1 aromatic carbocycles. The summed E-state index contributed by atoms with van der Waals surface area (Å²) < 4.78 is 10.8. The van der Waals surface area contributed by atoms with Crippen LogP contribution < -0.4 is 9.47 Å². The molecule has 1 aliphatic carbocycles. The van der Waals surface area contributed by atoms with Crippen LogP contribution in [0.15, 0.2) is 18.2 Å². The molecule has 0 bridgehead atoms. The maximum atomic E-state index is 12.8. The van der Waals surface area contributed by atoms with E-state index in [4.69, 9.17) is 9.47 Å². The Labute approximate surface area is 150 Å². The number of carbonyl (C=O) groups excluding carboxylic acids is 1.